The van der Waals surface area contributed by atoms with Crippen LogP contribution in [0.2, 0.25) is 0 Å². The molecular weight excluding hydrogens is 218 g/mol. The number of guanidine groups is 1. The molecular formula is C12H23N3O2. The molecule has 17 heavy (non-hydrogen) atoms. The van der Waals surface area contributed by atoms with Crippen molar-refractivity contribution in [2.75, 3.05) is 20.2 Å². The van der Waals surface area contributed by atoms with Crippen LogP contribution in [0.1, 0.15) is 39.0 Å². The summed E-state index contributed by atoms with van der Waals surface area (Å²) in [6.45, 7) is 3.68. The van der Waals surface area contributed by atoms with Gasteiger partial charge in [0, 0.05) is 25.6 Å². The molecule has 1 fully saturated rings. The molecule has 0 heterocycles. The molecule has 0 aromatic rings. The number of rotatable bonds is 7. The quantitative estimate of drug-likeness (QED) is 0.303. The van der Waals surface area contributed by atoms with Crippen LogP contribution in [-0.2, 0) is 9.53 Å². The molecule has 0 amide bonds. The van der Waals surface area contributed by atoms with Crippen LogP contribution in [0.15, 0.2) is 4.99 Å². The predicted octanol–water partition coefficient (Wildman–Crippen LogP) is 1.05. The van der Waals surface area contributed by atoms with Crippen molar-refractivity contribution < 1.29 is 9.53 Å². The number of hydrogen-bond donors (Lipinski definition) is 2. The first-order chi connectivity index (χ1) is 8.26. The van der Waals surface area contributed by atoms with E-state index in [1.807, 2.05) is 0 Å². The number of ether oxygens (including phenoxy) is 1. The lowest BCUT2D eigenvalue weighted by molar-refractivity contribution is -0.140. The Kier molecular flexibility index (Phi) is 6.43. The molecule has 0 aliphatic heterocycles. The maximum atomic E-state index is 10.9. The van der Waals surface area contributed by atoms with Gasteiger partial charge in [0.1, 0.15) is 0 Å². The van der Waals surface area contributed by atoms with Crippen LogP contribution >= 0.6 is 0 Å². The molecule has 1 saturated carbocycles. The molecule has 0 aromatic carbocycles. The van der Waals surface area contributed by atoms with Crippen molar-refractivity contribution in [1.82, 2.24) is 10.6 Å². The van der Waals surface area contributed by atoms with E-state index in [0.29, 0.717) is 12.5 Å². The predicted molar refractivity (Wildman–Crippen MR) is 68.0 cm³/mol. The van der Waals surface area contributed by atoms with Crippen LogP contribution in [0.4, 0.5) is 0 Å². The van der Waals surface area contributed by atoms with Gasteiger partial charge in [0.2, 0.25) is 0 Å². The minimum absolute atomic E-state index is 0.142. The molecule has 0 bridgehead atoms. The third-order valence-electron chi connectivity index (χ3n) is 2.55. The molecule has 0 aromatic heterocycles. The maximum Gasteiger partial charge on any atom is 0.305 e. The first kappa shape index (κ1) is 13.8. The molecule has 1 rings (SSSR count). The van der Waals surface area contributed by atoms with Gasteiger partial charge in [-0.05, 0) is 32.6 Å². The molecule has 1 aliphatic carbocycles. The van der Waals surface area contributed by atoms with Gasteiger partial charge in [-0.2, -0.15) is 0 Å². The van der Waals surface area contributed by atoms with Crippen molar-refractivity contribution in [2.45, 2.75) is 45.1 Å². The van der Waals surface area contributed by atoms with Crippen molar-refractivity contribution in [3.63, 3.8) is 0 Å². The average molecular weight is 241 g/mol. The standard InChI is InChI=1S/C12H23N3O2/c1-3-13-12(15-10-7-8-10)14-9-5-4-6-11(16)17-2/h10H,3-9H2,1-2H3,(H2,13,14,15). The van der Waals surface area contributed by atoms with Crippen LogP contribution in [-0.4, -0.2) is 38.2 Å². The SMILES string of the molecule is CCNC(=NCCCCC(=O)OC)NC1CC1. The van der Waals surface area contributed by atoms with E-state index in [4.69, 9.17) is 0 Å². The Morgan fingerprint density at radius 1 is 1.41 bits per heavy atom. The second kappa shape index (κ2) is 7.92. The fourth-order valence-corrected chi connectivity index (χ4v) is 1.42. The van der Waals surface area contributed by atoms with E-state index >= 15 is 0 Å². The number of carbonyl (C=O) groups is 1. The van der Waals surface area contributed by atoms with Gasteiger partial charge in [-0.15, -0.1) is 0 Å². The lowest BCUT2D eigenvalue weighted by Gasteiger charge is -2.09. The van der Waals surface area contributed by atoms with Gasteiger partial charge in [-0.25, -0.2) is 0 Å². The number of nitrogens with one attached hydrogen (secondary N) is 2. The number of esters is 1. The zero-order valence-corrected chi connectivity index (χ0v) is 10.8. The summed E-state index contributed by atoms with van der Waals surface area (Å²) in [4.78, 5) is 15.3. The topological polar surface area (TPSA) is 62.7 Å². The Labute approximate surface area is 103 Å². The normalized spacial score (nSPS) is 15.5. The zero-order chi connectivity index (χ0) is 12.5. The minimum atomic E-state index is -0.142. The van der Waals surface area contributed by atoms with Gasteiger partial charge >= 0.3 is 5.97 Å². The molecule has 0 radical (unpaired) electrons. The monoisotopic (exact) mass is 241 g/mol. The molecule has 5 heteroatoms. The van der Waals surface area contributed by atoms with Gasteiger partial charge in [-0.3, -0.25) is 9.79 Å². The Bertz CT molecular complexity index is 262. The molecule has 0 atom stereocenters. The Morgan fingerprint density at radius 3 is 2.76 bits per heavy atom. The van der Waals surface area contributed by atoms with Crippen LogP contribution < -0.4 is 10.6 Å². The van der Waals surface area contributed by atoms with Crippen LogP contribution in [0, 0.1) is 0 Å². The maximum absolute atomic E-state index is 10.9. The average Bonchev–Trinajstić information content (AvgIpc) is 3.12. The van der Waals surface area contributed by atoms with Crippen LogP contribution in [0.3, 0.4) is 0 Å². The summed E-state index contributed by atoms with van der Waals surface area (Å²) < 4.78 is 4.58. The Hall–Kier alpha value is -1.26. The summed E-state index contributed by atoms with van der Waals surface area (Å²) >= 11 is 0. The van der Waals surface area contributed by atoms with Gasteiger partial charge in [0.25, 0.3) is 0 Å². The van der Waals surface area contributed by atoms with E-state index in [-0.39, 0.29) is 5.97 Å². The zero-order valence-electron chi connectivity index (χ0n) is 10.8. The van der Waals surface area contributed by atoms with E-state index in [2.05, 4.69) is 27.3 Å². The molecule has 2 N–H and O–H groups in total. The van der Waals surface area contributed by atoms with Gasteiger partial charge < -0.3 is 15.4 Å². The Balaban J connectivity index is 2.11. The van der Waals surface area contributed by atoms with Gasteiger partial charge in [0.05, 0.1) is 7.11 Å². The lowest BCUT2D eigenvalue weighted by Crippen LogP contribution is -2.38. The Morgan fingerprint density at radius 2 is 2.18 bits per heavy atom. The molecule has 5 nitrogen and oxygen atoms in total. The lowest BCUT2D eigenvalue weighted by atomic mass is 10.2. The fourth-order valence-electron chi connectivity index (χ4n) is 1.42. The number of carbonyl (C=O) groups excluding carboxylic acids is 1. The third-order valence-corrected chi connectivity index (χ3v) is 2.55. The summed E-state index contributed by atoms with van der Waals surface area (Å²) in [5.74, 6) is 0.755. The first-order valence-corrected chi connectivity index (χ1v) is 6.38. The molecule has 0 saturated heterocycles. The molecule has 0 unspecified atom stereocenters. The largest absolute Gasteiger partial charge is 0.469 e. The highest BCUT2D eigenvalue weighted by Crippen LogP contribution is 2.18. The molecule has 0 spiro atoms. The summed E-state index contributed by atoms with van der Waals surface area (Å²) in [6.07, 6.45) is 4.72. The van der Waals surface area contributed by atoms with E-state index in [1.54, 1.807) is 0 Å². The summed E-state index contributed by atoms with van der Waals surface area (Å²) in [5.41, 5.74) is 0. The van der Waals surface area contributed by atoms with Crippen LogP contribution in [0.25, 0.3) is 0 Å². The highest BCUT2D eigenvalue weighted by molar-refractivity contribution is 5.80. The highest BCUT2D eigenvalue weighted by atomic mass is 16.5. The van der Waals surface area contributed by atoms with Crippen molar-refractivity contribution in [3.8, 4) is 0 Å². The number of hydrogen-bond acceptors (Lipinski definition) is 3. The summed E-state index contributed by atoms with van der Waals surface area (Å²) in [7, 11) is 1.42. The highest BCUT2D eigenvalue weighted by Gasteiger charge is 2.21. The van der Waals surface area contributed by atoms with E-state index in [1.165, 1.54) is 20.0 Å². The van der Waals surface area contributed by atoms with Crippen molar-refractivity contribution in [1.29, 1.82) is 0 Å². The van der Waals surface area contributed by atoms with Gasteiger partial charge in [0.15, 0.2) is 5.96 Å². The number of methoxy groups -OCH3 is 1. The summed E-state index contributed by atoms with van der Waals surface area (Å²) in [5, 5.41) is 6.56. The van der Waals surface area contributed by atoms with E-state index < -0.39 is 0 Å². The minimum Gasteiger partial charge on any atom is -0.469 e. The first-order valence-electron chi connectivity index (χ1n) is 6.38. The van der Waals surface area contributed by atoms with Crippen LogP contribution in [0.5, 0.6) is 0 Å². The molecule has 98 valence electrons. The third kappa shape index (κ3) is 6.81. The van der Waals surface area contributed by atoms with Crippen molar-refractivity contribution in [2.24, 2.45) is 4.99 Å². The van der Waals surface area contributed by atoms with E-state index in [9.17, 15) is 4.79 Å². The van der Waals surface area contributed by atoms with E-state index in [0.717, 1.165) is 31.9 Å². The van der Waals surface area contributed by atoms with Gasteiger partial charge in [-0.1, -0.05) is 0 Å². The van der Waals surface area contributed by atoms with Crippen molar-refractivity contribution >= 4 is 11.9 Å². The second-order valence-corrected chi connectivity index (χ2v) is 4.21. The van der Waals surface area contributed by atoms with Crippen molar-refractivity contribution in [3.05, 3.63) is 0 Å². The number of unbranched alkanes of at least 4 members (excludes halogenated alkanes) is 1. The second-order valence-electron chi connectivity index (χ2n) is 4.21. The number of aliphatic imine (C=N–C) groups is 1. The smallest absolute Gasteiger partial charge is 0.305 e. The molecule has 1 aliphatic rings. The fraction of sp³-hybridized carbons (Fsp3) is 0.833. The number of nitrogens with zero attached hydrogens (tertiary/aromatic N) is 1. The summed E-state index contributed by atoms with van der Waals surface area (Å²) in [6, 6.07) is 0.614.